The fraction of sp³-hybridized carbons (Fsp3) is 1.00. The average Bonchev–Trinajstić information content (AvgIpc) is 2.80. The maximum absolute atomic E-state index is 5.69. The quantitative estimate of drug-likeness (QED) is 0.530. The highest BCUT2D eigenvalue weighted by atomic mass is 16.5. The van der Waals surface area contributed by atoms with Crippen LogP contribution in [0.4, 0.5) is 0 Å². The molecular formula is C11H22N2O. The van der Waals surface area contributed by atoms with E-state index in [4.69, 9.17) is 10.6 Å². The van der Waals surface area contributed by atoms with E-state index >= 15 is 0 Å². The molecule has 3 nitrogen and oxygen atoms in total. The Hall–Kier alpha value is -0.120. The molecule has 0 aromatic carbocycles. The Morgan fingerprint density at radius 1 is 1.36 bits per heavy atom. The lowest BCUT2D eigenvalue weighted by atomic mass is 9.82. The summed E-state index contributed by atoms with van der Waals surface area (Å²) in [6.07, 6.45) is 5.26. The molecule has 4 atom stereocenters. The molecule has 0 aromatic heterocycles. The minimum atomic E-state index is 0.481. The molecule has 0 bridgehead atoms. The third-order valence-electron chi connectivity index (χ3n) is 4.05. The smallest absolute Gasteiger partial charge is 0.0510 e. The molecule has 0 aromatic rings. The molecular weight excluding hydrogens is 176 g/mol. The Morgan fingerprint density at radius 3 is 2.71 bits per heavy atom. The van der Waals surface area contributed by atoms with Crippen LogP contribution in [0, 0.1) is 17.8 Å². The second-order valence-corrected chi connectivity index (χ2v) is 4.89. The van der Waals surface area contributed by atoms with Crippen molar-refractivity contribution in [1.82, 2.24) is 5.43 Å². The van der Waals surface area contributed by atoms with Gasteiger partial charge in [0.15, 0.2) is 0 Å². The molecule has 2 rings (SSSR count). The Bertz CT molecular complexity index is 180. The van der Waals surface area contributed by atoms with Gasteiger partial charge < -0.3 is 4.74 Å². The van der Waals surface area contributed by atoms with Crippen LogP contribution in [0.1, 0.15) is 32.6 Å². The van der Waals surface area contributed by atoms with Crippen molar-refractivity contribution in [3.05, 3.63) is 0 Å². The van der Waals surface area contributed by atoms with Crippen molar-refractivity contribution >= 4 is 0 Å². The molecule has 1 saturated heterocycles. The summed E-state index contributed by atoms with van der Waals surface area (Å²) < 4.78 is 5.44. The van der Waals surface area contributed by atoms with E-state index in [1.807, 2.05) is 0 Å². The molecule has 1 aliphatic carbocycles. The second kappa shape index (κ2) is 4.60. The van der Waals surface area contributed by atoms with Gasteiger partial charge in [-0.15, -0.1) is 0 Å². The number of hydrogen-bond acceptors (Lipinski definition) is 3. The van der Waals surface area contributed by atoms with Crippen molar-refractivity contribution in [2.75, 3.05) is 13.2 Å². The van der Waals surface area contributed by atoms with E-state index in [2.05, 4.69) is 12.3 Å². The van der Waals surface area contributed by atoms with Gasteiger partial charge >= 0.3 is 0 Å². The predicted molar refractivity (Wildman–Crippen MR) is 56.5 cm³/mol. The summed E-state index contributed by atoms with van der Waals surface area (Å²) in [5, 5.41) is 0. The van der Waals surface area contributed by atoms with Crippen molar-refractivity contribution in [2.24, 2.45) is 23.6 Å². The van der Waals surface area contributed by atoms with Gasteiger partial charge in [-0.3, -0.25) is 11.3 Å². The van der Waals surface area contributed by atoms with Crippen molar-refractivity contribution in [2.45, 2.75) is 38.6 Å². The largest absolute Gasteiger partial charge is 0.381 e. The normalized spacial score (nSPS) is 40.3. The fourth-order valence-electron chi connectivity index (χ4n) is 3.15. The van der Waals surface area contributed by atoms with Crippen LogP contribution in [0.15, 0.2) is 0 Å². The third-order valence-corrected chi connectivity index (χ3v) is 4.05. The number of hydrazine groups is 1. The van der Waals surface area contributed by atoms with Gasteiger partial charge in [-0.05, 0) is 24.7 Å². The molecule has 4 unspecified atom stereocenters. The average molecular weight is 198 g/mol. The molecule has 82 valence electrons. The zero-order valence-corrected chi connectivity index (χ0v) is 9.04. The van der Waals surface area contributed by atoms with E-state index in [-0.39, 0.29) is 0 Å². The predicted octanol–water partition coefficient (Wildman–Crippen LogP) is 1.29. The standard InChI is InChI=1S/C11H22N2O/c1-8-3-2-4-10(8)11(13-12)9-5-6-14-7-9/h8-11,13H,2-7,12H2,1H3. The highest BCUT2D eigenvalue weighted by Crippen LogP contribution is 2.37. The van der Waals surface area contributed by atoms with Crippen molar-refractivity contribution in [3.8, 4) is 0 Å². The number of ether oxygens (including phenoxy) is 1. The highest BCUT2D eigenvalue weighted by Gasteiger charge is 2.36. The summed E-state index contributed by atoms with van der Waals surface area (Å²) in [7, 11) is 0. The van der Waals surface area contributed by atoms with Crippen LogP contribution in [0.25, 0.3) is 0 Å². The second-order valence-electron chi connectivity index (χ2n) is 4.89. The molecule has 2 fully saturated rings. The van der Waals surface area contributed by atoms with Crippen molar-refractivity contribution in [3.63, 3.8) is 0 Å². The SMILES string of the molecule is CC1CCCC1C(NN)C1CCOC1. The van der Waals surface area contributed by atoms with Gasteiger partial charge in [0.05, 0.1) is 6.61 Å². The first-order valence-electron chi connectivity index (χ1n) is 5.87. The molecule has 1 saturated carbocycles. The Labute approximate surface area is 86.4 Å². The first-order valence-corrected chi connectivity index (χ1v) is 5.87. The van der Waals surface area contributed by atoms with Crippen LogP contribution in [-0.2, 0) is 4.74 Å². The molecule has 1 aliphatic heterocycles. The summed E-state index contributed by atoms with van der Waals surface area (Å²) in [4.78, 5) is 0. The monoisotopic (exact) mass is 198 g/mol. The lowest BCUT2D eigenvalue weighted by Crippen LogP contribution is -2.47. The first-order chi connectivity index (χ1) is 6.83. The highest BCUT2D eigenvalue weighted by molar-refractivity contribution is 4.89. The molecule has 3 heteroatoms. The van der Waals surface area contributed by atoms with E-state index in [1.54, 1.807) is 0 Å². The first kappa shape index (κ1) is 10.4. The number of hydrogen-bond donors (Lipinski definition) is 2. The molecule has 0 spiro atoms. The Balaban J connectivity index is 1.96. The van der Waals surface area contributed by atoms with Crippen LogP contribution in [0.3, 0.4) is 0 Å². The lowest BCUT2D eigenvalue weighted by molar-refractivity contribution is 0.157. The van der Waals surface area contributed by atoms with Crippen LogP contribution in [0.5, 0.6) is 0 Å². The number of rotatable bonds is 3. The Kier molecular flexibility index (Phi) is 3.42. The van der Waals surface area contributed by atoms with Gasteiger partial charge in [-0.1, -0.05) is 19.8 Å². The van der Waals surface area contributed by atoms with E-state index < -0.39 is 0 Å². The van der Waals surface area contributed by atoms with Crippen LogP contribution < -0.4 is 11.3 Å². The topological polar surface area (TPSA) is 47.3 Å². The van der Waals surface area contributed by atoms with Crippen molar-refractivity contribution < 1.29 is 4.74 Å². The van der Waals surface area contributed by atoms with Gasteiger partial charge in [0.2, 0.25) is 0 Å². The van der Waals surface area contributed by atoms with Crippen LogP contribution in [0.2, 0.25) is 0 Å². The van der Waals surface area contributed by atoms with Gasteiger partial charge in [0.25, 0.3) is 0 Å². The molecule has 14 heavy (non-hydrogen) atoms. The number of nitrogens with one attached hydrogen (secondary N) is 1. The fourth-order valence-corrected chi connectivity index (χ4v) is 3.15. The maximum Gasteiger partial charge on any atom is 0.0510 e. The minimum absolute atomic E-state index is 0.481. The van der Waals surface area contributed by atoms with Crippen LogP contribution in [-0.4, -0.2) is 19.3 Å². The summed E-state index contributed by atoms with van der Waals surface area (Å²) in [5.74, 6) is 7.93. The molecule has 0 amide bonds. The molecule has 1 heterocycles. The molecule has 2 aliphatic rings. The lowest BCUT2D eigenvalue weighted by Gasteiger charge is -2.30. The summed E-state index contributed by atoms with van der Waals surface area (Å²) in [6.45, 7) is 4.18. The Morgan fingerprint density at radius 2 is 2.21 bits per heavy atom. The van der Waals surface area contributed by atoms with Gasteiger partial charge in [0, 0.05) is 18.6 Å². The minimum Gasteiger partial charge on any atom is -0.381 e. The van der Waals surface area contributed by atoms with Crippen LogP contribution >= 0.6 is 0 Å². The third kappa shape index (κ3) is 1.95. The maximum atomic E-state index is 5.69. The summed E-state index contributed by atoms with van der Waals surface area (Å²) >= 11 is 0. The summed E-state index contributed by atoms with van der Waals surface area (Å²) in [5.41, 5.74) is 3.04. The van der Waals surface area contributed by atoms with Gasteiger partial charge in [0.1, 0.15) is 0 Å². The van der Waals surface area contributed by atoms with E-state index in [9.17, 15) is 0 Å². The van der Waals surface area contributed by atoms with Gasteiger partial charge in [-0.2, -0.15) is 0 Å². The summed E-state index contributed by atoms with van der Waals surface area (Å²) in [6, 6.07) is 0.481. The van der Waals surface area contributed by atoms with E-state index in [0.717, 1.165) is 25.0 Å². The van der Waals surface area contributed by atoms with Crippen molar-refractivity contribution in [1.29, 1.82) is 0 Å². The van der Waals surface area contributed by atoms with E-state index in [1.165, 1.54) is 25.7 Å². The number of nitrogens with two attached hydrogens (primary N) is 1. The molecule has 3 N–H and O–H groups in total. The molecule has 0 radical (unpaired) electrons. The van der Waals surface area contributed by atoms with E-state index in [0.29, 0.717) is 12.0 Å². The zero-order chi connectivity index (χ0) is 9.97. The van der Waals surface area contributed by atoms with Gasteiger partial charge in [-0.25, -0.2) is 0 Å². The zero-order valence-electron chi connectivity index (χ0n) is 9.04.